The van der Waals surface area contributed by atoms with Crippen molar-refractivity contribution in [3.63, 3.8) is 0 Å². The van der Waals surface area contributed by atoms with Crippen LogP contribution in [0.3, 0.4) is 0 Å². The van der Waals surface area contributed by atoms with Gasteiger partial charge in [0.15, 0.2) is 5.69 Å². The molecule has 0 spiro atoms. The van der Waals surface area contributed by atoms with E-state index in [1.165, 1.54) is 0 Å². The van der Waals surface area contributed by atoms with Gasteiger partial charge in [-0.3, -0.25) is 4.79 Å². The van der Waals surface area contributed by atoms with Crippen molar-refractivity contribution in [2.75, 3.05) is 33.7 Å². The van der Waals surface area contributed by atoms with E-state index in [4.69, 9.17) is 9.90 Å². The van der Waals surface area contributed by atoms with Crippen molar-refractivity contribution >= 4 is 11.9 Å². The van der Waals surface area contributed by atoms with Crippen LogP contribution in [0.25, 0.3) is 0 Å². The number of carboxylic acid groups (broad SMARTS) is 1. The van der Waals surface area contributed by atoms with E-state index < -0.39 is 12.1 Å². The molecule has 1 fully saturated rings. The molecule has 1 aromatic heterocycles. The molecule has 1 aromatic carbocycles. The van der Waals surface area contributed by atoms with Crippen LogP contribution in [0, 0.1) is 6.92 Å². The highest BCUT2D eigenvalue weighted by atomic mass is 19.4. The summed E-state index contributed by atoms with van der Waals surface area (Å²) < 4.78 is 36.4. The fourth-order valence-electron chi connectivity index (χ4n) is 3.46. The quantitative estimate of drug-likeness (QED) is 0.661. The average molecular weight is 471 g/mol. The van der Waals surface area contributed by atoms with Crippen LogP contribution >= 0.6 is 0 Å². The van der Waals surface area contributed by atoms with E-state index >= 15 is 0 Å². The maximum atomic E-state index is 12.6. The Bertz CT molecular complexity index is 899. The third-order valence-electron chi connectivity index (χ3n) is 5.40. The van der Waals surface area contributed by atoms with Crippen LogP contribution in [0.5, 0.6) is 0 Å². The van der Waals surface area contributed by atoms with Crippen LogP contribution < -0.4 is 5.32 Å². The van der Waals surface area contributed by atoms with Gasteiger partial charge < -0.3 is 20.2 Å². The van der Waals surface area contributed by atoms with Crippen molar-refractivity contribution in [1.29, 1.82) is 0 Å². The summed E-state index contributed by atoms with van der Waals surface area (Å²) in [6, 6.07) is 10.5. The topological polar surface area (TPSA) is 112 Å². The van der Waals surface area contributed by atoms with Crippen LogP contribution in [0.15, 0.2) is 35.0 Å². The standard InChI is InChI=1S/C19H27N5O2.C2HF3O2/c1-14-18(22-26-21-14)19(25)20-17(15-7-5-4-6-8-15)13-24(3)16-9-11-23(2)12-10-16;3-2(4,5)1(6)7/h4-8,16-17H,9-13H2,1-3H3,(H,20,25);(H,6,7). The van der Waals surface area contributed by atoms with E-state index in [9.17, 15) is 18.0 Å². The van der Waals surface area contributed by atoms with Crippen molar-refractivity contribution in [1.82, 2.24) is 25.4 Å². The van der Waals surface area contributed by atoms with Gasteiger partial charge in [0, 0.05) is 12.6 Å². The number of piperidine rings is 1. The molecule has 0 aliphatic carbocycles. The Hall–Kier alpha value is -2.99. The maximum absolute atomic E-state index is 12.6. The summed E-state index contributed by atoms with van der Waals surface area (Å²) in [5.41, 5.74) is 1.82. The van der Waals surface area contributed by atoms with Gasteiger partial charge in [0.1, 0.15) is 5.69 Å². The molecule has 12 heteroatoms. The van der Waals surface area contributed by atoms with Crippen molar-refractivity contribution in [3.8, 4) is 0 Å². The number of carbonyl (C=O) groups is 2. The Kier molecular flexibility index (Phi) is 9.35. The summed E-state index contributed by atoms with van der Waals surface area (Å²) in [6.07, 6.45) is -2.79. The van der Waals surface area contributed by atoms with E-state index in [1.807, 2.05) is 30.3 Å². The number of aliphatic carboxylic acids is 1. The number of nitrogens with one attached hydrogen (secondary N) is 1. The van der Waals surface area contributed by atoms with E-state index in [-0.39, 0.29) is 17.6 Å². The minimum atomic E-state index is -5.08. The number of carbonyl (C=O) groups excluding carboxylic acids is 1. The van der Waals surface area contributed by atoms with Crippen LogP contribution in [-0.4, -0.2) is 83.0 Å². The SMILES string of the molecule is Cc1nonc1C(=O)NC(CN(C)C1CCN(C)CC1)c1ccccc1.O=C(O)C(F)(F)F. The molecule has 182 valence electrons. The van der Waals surface area contributed by atoms with Crippen molar-refractivity contribution in [2.45, 2.75) is 38.0 Å². The van der Waals surface area contributed by atoms with E-state index in [0.29, 0.717) is 11.7 Å². The van der Waals surface area contributed by atoms with Crippen LogP contribution in [0.2, 0.25) is 0 Å². The Morgan fingerprint density at radius 2 is 1.82 bits per heavy atom. The molecule has 9 nitrogen and oxygen atoms in total. The zero-order valence-electron chi connectivity index (χ0n) is 18.7. The molecule has 1 aliphatic rings. The number of aromatic nitrogens is 2. The van der Waals surface area contributed by atoms with Gasteiger partial charge in [-0.25, -0.2) is 9.42 Å². The molecule has 3 rings (SSSR count). The molecule has 1 amide bonds. The number of alkyl halides is 3. The number of rotatable bonds is 6. The molecule has 33 heavy (non-hydrogen) atoms. The number of likely N-dealkylation sites (N-methyl/N-ethyl adjacent to an activating group) is 1. The first kappa shape index (κ1) is 26.3. The zero-order chi connectivity index (χ0) is 24.6. The summed E-state index contributed by atoms with van der Waals surface area (Å²) in [5, 5.41) is 17.6. The third kappa shape index (κ3) is 8.13. The molecule has 0 bridgehead atoms. The number of amides is 1. The lowest BCUT2D eigenvalue weighted by atomic mass is 10.0. The number of halogens is 3. The van der Waals surface area contributed by atoms with Gasteiger partial charge in [0.25, 0.3) is 5.91 Å². The number of hydrogen-bond donors (Lipinski definition) is 2. The molecule has 2 aromatic rings. The zero-order valence-corrected chi connectivity index (χ0v) is 18.7. The van der Waals surface area contributed by atoms with Gasteiger partial charge in [0.2, 0.25) is 0 Å². The van der Waals surface area contributed by atoms with Crippen molar-refractivity contribution < 1.29 is 32.5 Å². The molecule has 0 radical (unpaired) electrons. The summed E-state index contributed by atoms with van der Waals surface area (Å²) >= 11 is 0. The summed E-state index contributed by atoms with van der Waals surface area (Å²) in [6.45, 7) is 4.68. The molecule has 1 atom stereocenters. The number of hydrogen-bond acceptors (Lipinski definition) is 7. The minimum absolute atomic E-state index is 0.121. The number of nitrogens with zero attached hydrogens (tertiary/aromatic N) is 4. The second-order valence-electron chi connectivity index (χ2n) is 7.91. The van der Waals surface area contributed by atoms with Crippen LogP contribution in [0.1, 0.15) is 40.6 Å². The van der Waals surface area contributed by atoms with E-state index in [2.05, 4.69) is 44.2 Å². The molecular formula is C21H28F3N5O4. The number of benzene rings is 1. The summed E-state index contributed by atoms with van der Waals surface area (Å²) in [4.78, 5) is 26.2. The lowest BCUT2D eigenvalue weighted by molar-refractivity contribution is -0.192. The highest BCUT2D eigenvalue weighted by Crippen LogP contribution is 2.20. The molecule has 0 saturated carbocycles. The number of aryl methyl sites for hydroxylation is 1. The lowest BCUT2D eigenvalue weighted by Gasteiger charge is -2.37. The van der Waals surface area contributed by atoms with Crippen molar-refractivity contribution in [2.24, 2.45) is 0 Å². The molecular weight excluding hydrogens is 443 g/mol. The van der Waals surface area contributed by atoms with Gasteiger partial charge in [-0.2, -0.15) is 13.2 Å². The van der Waals surface area contributed by atoms with Gasteiger partial charge in [0.05, 0.1) is 6.04 Å². The predicted molar refractivity (Wildman–Crippen MR) is 113 cm³/mol. The fraction of sp³-hybridized carbons (Fsp3) is 0.524. The fourth-order valence-corrected chi connectivity index (χ4v) is 3.46. The average Bonchev–Trinajstić information content (AvgIpc) is 3.20. The molecule has 1 unspecified atom stereocenters. The van der Waals surface area contributed by atoms with Crippen LogP contribution in [0.4, 0.5) is 13.2 Å². The first-order chi connectivity index (χ1) is 15.5. The van der Waals surface area contributed by atoms with Crippen molar-refractivity contribution in [3.05, 3.63) is 47.3 Å². The Morgan fingerprint density at radius 3 is 2.30 bits per heavy atom. The van der Waals surface area contributed by atoms with Gasteiger partial charge in [-0.15, -0.1) is 0 Å². The Labute approximate surface area is 189 Å². The highest BCUT2D eigenvalue weighted by Gasteiger charge is 2.38. The normalized spacial score (nSPS) is 16.1. The predicted octanol–water partition coefficient (Wildman–Crippen LogP) is 2.51. The van der Waals surface area contributed by atoms with Gasteiger partial charge in [-0.05, 0) is 57.7 Å². The number of carboxylic acids is 1. The molecule has 2 heterocycles. The van der Waals surface area contributed by atoms with Gasteiger partial charge in [-0.1, -0.05) is 35.5 Å². The highest BCUT2D eigenvalue weighted by molar-refractivity contribution is 5.93. The number of likely N-dealkylation sites (tertiary alicyclic amines) is 1. The van der Waals surface area contributed by atoms with Gasteiger partial charge >= 0.3 is 12.1 Å². The first-order valence-corrected chi connectivity index (χ1v) is 10.3. The second-order valence-corrected chi connectivity index (χ2v) is 7.91. The van der Waals surface area contributed by atoms with E-state index in [0.717, 1.165) is 38.0 Å². The molecule has 1 saturated heterocycles. The lowest BCUT2D eigenvalue weighted by Crippen LogP contribution is -2.45. The Morgan fingerprint density at radius 1 is 1.24 bits per heavy atom. The van der Waals surface area contributed by atoms with Crippen LogP contribution in [-0.2, 0) is 4.79 Å². The monoisotopic (exact) mass is 471 g/mol. The summed E-state index contributed by atoms with van der Waals surface area (Å²) in [5.74, 6) is -3.01. The summed E-state index contributed by atoms with van der Waals surface area (Å²) in [7, 11) is 4.30. The maximum Gasteiger partial charge on any atom is 0.490 e. The first-order valence-electron chi connectivity index (χ1n) is 10.3. The largest absolute Gasteiger partial charge is 0.490 e. The smallest absolute Gasteiger partial charge is 0.475 e. The second kappa shape index (κ2) is 11.8. The molecule has 2 N–H and O–H groups in total. The molecule has 1 aliphatic heterocycles. The third-order valence-corrected chi connectivity index (χ3v) is 5.40. The van der Waals surface area contributed by atoms with E-state index in [1.54, 1.807) is 6.92 Å². The minimum Gasteiger partial charge on any atom is -0.475 e. The Balaban J connectivity index is 0.000000479.